The van der Waals surface area contributed by atoms with Crippen molar-refractivity contribution in [3.8, 4) is 6.07 Å². The Balaban J connectivity index is 3.12. The van der Waals surface area contributed by atoms with Gasteiger partial charge >= 0.3 is 0 Å². The molecule has 0 saturated heterocycles. The van der Waals surface area contributed by atoms with E-state index >= 15 is 0 Å². The summed E-state index contributed by atoms with van der Waals surface area (Å²) in [6, 6.07) is 8.07. The van der Waals surface area contributed by atoms with Crippen LogP contribution in [0.4, 0.5) is 0 Å². The molecule has 0 saturated carbocycles. The van der Waals surface area contributed by atoms with Crippen LogP contribution in [0.1, 0.15) is 42.9 Å². The van der Waals surface area contributed by atoms with Crippen LogP contribution in [0.2, 0.25) is 0 Å². The van der Waals surface area contributed by atoms with Gasteiger partial charge < -0.3 is 0 Å². The quantitative estimate of drug-likeness (QED) is 0.709. The summed E-state index contributed by atoms with van der Waals surface area (Å²) in [6.45, 7) is 8.25. The summed E-state index contributed by atoms with van der Waals surface area (Å²) in [5, 5.41) is 8.79. The van der Waals surface area contributed by atoms with Crippen molar-refractivity contribution in [3.05, 3.63) is 41.8 Å². The van der Waals surface area contributed by atoms with E-state index in [1.807, 2.05) is 12.1 Å². The molecule has 1 aromatic carbocycles. The average molecular weight is 186 g/mol. The predicted octanol–water partition coefficient (Wildman–Crippen LogP) is 3.45. The van der Waals surface area contributed by atoms with Gasteiger partial charge in [-0.15, -0.1) is 0 Å². The average Bonchev–Trinajstić information content (AvgIpc) is 2.18. The van der Waals surface area contributed by atoms with Gasteiger partial charge in [-0.05, 0) is 42.5 Å². The normalized spacial score (nSPS) is 10.2. The summed E-state index contributed by atoms with van der Waals surface area (Å²) in [7, 11) is 0. The van der Waals surface area contributed by atoms with Gasteiger partial charge in [0.25, 0.3) is 0 Å². The zero-order valence-electron chi connectivity index (χ0n) is 8.88. The van der Waals surface area contributed by atoms with Crippen LogP contribution in [0.3, 0.4) is 0 Å². The molecule has 1 atom stereocenters. The maximum Gasteiger partial charge on any atom is 0.0991 e. The third-order valence-corrected chi connectivity index (χ3v) is 2.33. The molecule has 14 heavy (non-hydrogen) atoms. The van der Waals surface area contributed by atoms with Crippen LogP contribution in [-0.4, -0.2) is 0 Å². The molecule has 1 unspecified atom stereocenters. The molecule has 0 heterocycles. The van der Waals surface area contributed by atoms with E-state index in [1.165, 1.54) is 11.1 Å². The molecule has 0 spiro atoms. The predicted molar refractivity (Wildman–Crippen MR) is 58.9 cm³/mol. The number of nitriles is 1. The number of nitrogens with zero attached hydrogens (tertiary/aromatic N) is 1. The van der Waals surface area contributed by atoms with Crippen molar-refractivity contribution in [1.82, 2.24) is 0 Å². The van der Waals surface area contributed by atoms with Gasteiger partial charge in [0.2, 0.25) is 0 Å². The van der Waals surface area contributed by atoms with Gasteiger partial charge in [-0.25, -0.2) is 0 Å². The van der Waals surface area contributed by atoms with E-state index in [1.54, 1.807) is 0 Å². The summed E-state index contributed by atoms with van der Waals surface area (Å²) < 4.78 is 0. The molecule has 0 bridgehead atoms. The highest BCUT2D eigenvalue weighted by atomic mass is 14.2. The van der Waals surface area contributed by atoms with Crippen molar-refractivity contribution in [2.75, 3.05) is 0 Å². The molecule has 0 amide bonds. The first kappa shape index (κ1) is 10.8. The van der Waals surface area contributed by atoms with Gasteiger partial charge in [-0.1, -0.05) is 26.3 Å². The lowest BCUT2D eigenvalue weighted by Crippen LogP contribution is -1.97. The topological polar surface area (TPSA) is 23.8 Å². The second kappa shape index (κ2) is 4.81. The molecule has 1 aromatic rings. The monoisotopic (exact) mass is 186 g/mol. The molecule has 0 aliphatic rings. The first-order chi connectivity index (χ1) is 6.69. The standard InChI is InChI=1S/C13H16N/c1-4-5-12-7-6-11(9-14)8-13(12)10(2)3/h6-8,10H,2,4-5H2,1,3H3. The zero-order chi connectivity index (χ0) is 10.6. The highest BCUT2D eigenvalue weighted by Crippen LogP contribution is 2.21. The third-order valence-electron chi connectivity index (χ3n) is 2.33. The Morgan fingerprint density at radius 2 is 2.21 bits per heavy atom. The molecule has 0 aromatic heterocycles. The number of aryl methyl sites for hydroxylation is 1. The largest absolute Gasteiger partial charge is 0.192 e. The first-order valence-corrected chi connectivity index (χ1v) is 5.05. The molecule has 0 fully saturated rings. The molecule has 1 radical (unpaired) electrons. The number of hydrogen-bond acceptors (Lipinski definition) is 1. The van der Waals surface area contributed by atoms with Crippen LogP contribution in [-0.2, 0) is 6.42 Å². The van der Waals surface area contributed by atoms with Gasteiger partial charge in [-0.3, -0.25) is 0 Å². The summed E-state index contributed by atoms with van der Waals surface area (Å²) in [5.74, 6) is 0.254. The highest BCUT2D eigenvalue weighted by Gasteiger charge is 2.06. The van der Waals surface area contributed by atoms with Crippen molar-refractivity contribution in [3.63, 3.8) is 0 Å². The fourth-order valence-electron chi connectivity index (χ4n) is 1.62. The Morgan fingerprint density at radius 1 is 1.50 bits per heavy atom. The van der Waals surface area contributed by atoms with Gasteiger partial charge in [0.05, 0.1) is 11.6 Å². The Kier molecular flexibility index (Phi) is 3.71. The smallest absolute Gasteiger partial charge is 0.0991 e. The Hall–Kier alpha value is -1.29. The van der Waals surface area contributed by atoms with Crippen LogP contribution < -0.4 is 0 Å². The van der Waals surface area contributed by atoms with E-state index in [0.29, 0.717) is 0 Å². The van der Waals surface area contributed by atoms with E-state index in [2.05, 4.69) is 32.9 Å². The fourth-order valence-corrected chi connectivity index (χ4v) is 1.62. The van der Waals surface area contributed by atoms with Crippen LogP contribution in [0.25, 0.3) is 0 Å². The van der Waals surface area contributed by atoms with Gasteiger partial charge in [0.15, 0.2) is 0 Å². The van der Waals surface area contributed by atoms with Crippen LogP contribution in [0, 0.1) is 18.3 Å². The highest BCUT2D eigenvalue weighted by molar-refractivity contribution is 5.40. The van der Waals surface area contributed by atoms with E-state index in [0.717, 1.165) is 18.4 Å². The Morgan fingerprint density at radius 3 is 2.71 bits per heavy atom. The first-order valence-electron chi connectivity index (χ1n) is 5.05. The van der Waals surface area contributed by atoms with Crippen molar-refractivity contribution < 1.29 is 0 Å². The van der Waals surface area contributed by atoms with Crippen LogP contribution in [0.5, 0.6) is 0 Å². The number of hydrogen-bond donors (Lipinski definition) is 0. The van der Waals surface area contributed by atoms with Crippen LogP contribution in [0.15, 0.2) is 18.2 Å². The summed E-state index contributed by atoms with van der Waals surface area (Å²) in [4.78, 5) is 0. The second-order valence-electron chi connectivity index (χ2n) is 3.68. The minimum Gasteiger partial charge on any atom is -0.192 e. The molecule has 1 nitrogen and oxygen atoms in total. The summed E-state index contributed by atoms with van der Waals surface area (Å²) in [5.41, 5.74) is 3.27. The fraction of sp³-hybridized carbons (Fsp3) is 0.385. The SMILES string of the molecule is [CH2]C(C)c1cc(C#N)ccc1CCC. The Labute approximate surface area is 86.4 Å². The van der Waals surface area contributed by atoms with Gasteiger partial charge in [-0.2, -0.15) is 5.26 Å². The Bertz CT molecular complexity index is 345. The van der Waals surface area contributed by atoms with E-state index in [4.69, 9.17) is 5.26 Å². The molecule has 0 N–H and O–H groups in total. The number of benzene rings is 1. The minimum atomic E-state index is 0.254. The molecule has 0 aliphatic carbocycles. The van der Waals surface area contributed by atoms with Crippen molar-refractivity contribution in [2.45, 2.75) is 32.6 Å². The van der Waals surface area contributed by atoms with Crippen molar-refractivity contribution in [2.24, 2.45) is 0 Å². The van der Waals surface area contributed by atoms with Crippen LogP contribution >= 0.6 is 0 Å². The van der Waals surface area contributed by atoms with E-state index in [9.17, 15) is 0 Å². The zero-order valence-corrected chi connectivity index (χ0v) is 8.88. The number of rotatable bonds is 3. The van der Waals surface area contributed by atoms with Crippen molar-refractivity contribution >= 4 is 0 Å². The van der Waals surface area contributed by atoms with Gasteiger partial charge in [0, 0.05) is 0 Å². The molecule has 1 rings (SSSR count). The third kappa shape index (κ3) is 2.35. The second-order valence-corrected chi connectivity index (χ2v) is 3.68. The maximum atomic E-state index is 8.79. The molecule has 1 heteroatoms. The van der Waals surface area contributed by atoms with Crippen molar-refractivity contribution in [1.29, 1.82) is 5.26 Å². The lowest BCUT2D eigenvalue weighted by atomic mass is 9.93. The molecular weight excluding hydrogens is 170 g/mol. The van der Waals surface area contributed by atoms with E-state index in [-0.39, 0.29) is 5.92 Å². The van der Waals surface area contributed by atoms with Gasteiger partial charge in [0.1, 0.15) is 0 Å². The molecule has 73 valence electrons. The lowest BCUT2D eigenvalue weighted by Gasteiger charge is -2.12. The maximum absolute atomic E-state index is 8.79. The summed E-state index contributed by atoms with van der Waals surface area (Å²) in [6.07, 6.45) is 2.20. The summed E-state index contributed by atoms with van der Waals surface area (Å²) >= 11 is 0. The lowest BCUT2D eigenvalue weighted by molar-refractivity contribution is 0.867. The molecular formula is C13H16N. The van der Waals surface area contributed by atoms with E-state index < -0.39 is 0 Å². The molecule has 0 aliphatic heterocycles. The minimum absolute atomic E-state index is 0.254.